The molecule has 1 aromatic heterocycles. The molecular weight excluding hydrogens is 299 g/mol. The minimum Gasteiger partial charge on any atom is -0.389 e. The van der Waals surface area contributed by atoms with Crippen molar-refractivity contribution in [1.82, 2.24) is 14.7 Å². The number of aliphatic hydroxyl groups excluding tert-OH is 1. The minimum absolute atomic E-state index is 0.290. The van der Waals surface area contributed by atoms with Gasteiger partial charge in [-0.2, -0.15) is 18.3 Å². The molecule has 1 saturated heterocycles. The zero-order chi connectivity index (χ0) is 16.2. The number of ether oxygens (including phenoxy) is 1. The molecule has 1 aromatic rings. The molecule has 0 spiro atoms. The maximum Gasteiger partial charge on any atom is 0.411 e. The molecule has 0 aromatic carbocycles. The fourth-order valence-electron chi connectivity index (χ4n) is 2.76. The van der Waals surface area contributed by atoms with Gasteiger partial charge in [0.2, 0.25) is 0 Å². The van der Waals surface area contributed by atoms with E-state index in [9.17, 15) is 18.3 Å². The van der Waals surface area contributed by atoms with Crippen LogP contribution in [0.3, 0.4) is 0 Å². The Hall–Kier alpha value is -1.12. The van der Waals surface area contributed by atoms with E-state index in [-0.39, 0.29) is 6.61 Å². The Bertz CT molecular complexity index is 456. The van der Waals surface area contributed by atoms with Crippen LogP contribution in [-0.4, -0.2) is 64.9 Å². The lowest BCUT2D eigenvalue weighted by molar-refractivity contribution is -0.179. The first-order valence-corrected chi connectivity index (χ1v) is 7.37. The van der Waals surface area contributed by atoms with E-state index in [1.54, 1.807) is 4.68 Å². The number of β-amino-alcohol motifs (C(OH)–C–C–N with tert-alkyl or cyclic N) is 1. The van der Waals surface area contributed by atoms with E-state index < -0.39 is 18.9 Å². The van der Waals surface area contributed by atoms with Gasteiger partial charge in [0.05, 0.1) is 18.9 Å². The molecule has 22 heavy (non-hydrogen) atoms. The standard InChI is InChI=1S/C14H22F3N3O2/c1-19-7-12(6-18-19)11-2-4-20(5-3-11)8-13(21)9-22-10-14(15,16)17/h6-7,11,13,21H,2-5,8-10H2,1H3. The van der Waals surface area contributed by atoms with Crippen LogP contribution in [-0.2, 0) is 11.8 Å². The van der Waals surface area contributed by atoms with Crippen LogP contribution in [0.5, 0.6) is 0 Å². The number of hydrogen-bond donors (Lipinski definition) is 1. The molecule has 1 N–H and O–H groups in total. The number of aryl methyl sites for hydroxylation is 1. The predicted octanol–water partition coefficient (Wildman–Crippen LogP) is 1.54. The number of likely N-dealkylation sites (tertiary alicyclic amines) is 1. The molecule has 126 valence electrons. The summed E-state index contributed by atoms with van der Waals surface area (Å²) in [5.74, 6) is 0.462. The Morgan fingerprint density at radius 1 is 1.41 bits per heavy atom. The smallest absolute Gasteiger partial charge is 0.389 e. The van der Waals surface area contributed by atoms with Gasteiger partial charge in [-0.05, 0) is 37.4 Å². The molecule has 1 unspecified atom stereocenters. The van der Waals surface area contributed by atoms with Gasteiger partial charge < -0.3 is 14.7 Å². The Labute approximate surface area is 127 Å². The van der Waals surface area contributed by atoms with Gasteiger partial charge in [0, 0.05) is 19.8 Å². The average Bonchev–Trinajstić information content (AvgIpc) is 2.85. The van der Waals surface area contributed by atoms with Crippen molar-refractivity contribution in [3.8, 4) is 0 Å². The SMILES string of the molecule is Cn1cc(C2CCN(CC(O)COCC(F)(F)F)CC2)cn1. The van der Waals surface area contributed by atoms with E-state index in [4.69, 9.17) is 0 Å². The Kier molecular flexibility index (Phi) is 5.82. The van der Waals surface area contributed by atoms with Gasteiger partial charge in [0.15, 0.2) is 0 Å². The maximum atomic E-state index is 11.9. The summed E-state index contributed by atoms with van der Waals surface area (Å²) in [5, 5.41) is 13.9. The summed E-state index contributed by atoms with van der Waals surface area (Å²) in [4.78, 5) is 2.06. The van der Waals surface area contributed by atoms with E-state index in [1.807, 2.05) is 19.4 Å². The monoisotopic (exact) mass is 321 g/mol. The van der Waals surface area contributed by atoms with Crippen molar-refractivity contribution in [2.24, 2.45) is 7.05 Å². The Balaban J connectivity index is 1.66. The van der Waals surface area contributed by atoms with E-state index in [2.05, 4.69) is 14.7 Å². The number of rotatable bonds is 6. The van der Waals surface area contributed by atoms with Crippen molar-refractivity contribution in [3.63, 3.8) is 0 Å². The third kappa shape index (κ3) is 5.58. The molecule has 1 aliphatic heterocycles. The van der Waals surface area contributed by atoms with Gasteiger partial charge in [-0.25, -0.2) is 0 Å². The molecule has 0 amide bonds. The quantitative estimate of drug-likeness (QED) is 0.863. The molecule has 2 rings (SSSR count). The molecule has 2 heterocycles. The highest BCUT2D eigenvalue weighted by atomic mass is 19.4. The Morgan fingerprint density at radius 2 is 2.09 bits per heavy atom. The first kappa shape index (κ1) is 17.2. The largest absolute Gasteiger partial charge is 0.411 e. The topological polar surface area (TPSA) is 50.5 Å². The molecule has 8 heteroatoms. The van der Waals surface area contributed by atoms with Crippen LogP contribution in [0, 0.1) is 0 Å². The van der Waals surface area contributed by atoms with Crippen LogP contribution < -0.4 is 0 Å². The lowest BCUT2D eigenvalue weighted by Crippen LogP contribution is -2.40. The molecule has 1 atom stereocenters. The molecule has 0 bridgehead atoms. The van der Waals surface area contributed by atoms with E-state index in [1.165, 1.54) is 5.56 Å². The summed E-state index contributed by atoms with van der Waals surface area (Å²) in [6, 6.07) is 0. The van der Waals surface area contributed by atoms with Gasteiger partial charge in [-0.3, -0.25) is 4.68 Å². The van der Waals surface area contributed by atoms with Crippen LogP contribution in [0.25, 0.3) is 0 Å². The second-order valence-electron chi connectivity index (χ2n) is 5.81. The third-order valence-corrected chi connectivity index (χ3v) is 3.83. The number of halogens is 3. The van der Waals surface area contributed by atoms with Crippen molar-refractivity contribution in [3.05, 3.63) is 18.0 Å². The van der Waals surface area contributed by atoms with Crippen LogP contribution in [0.2, 0.25) is 0 Å². The van der Waals surface area contributed by atoms with E-state index >= 15 is 0 Å². The molecule has 0 radical (unpaired) electrons. The molecule has 1 fully saturated rings. The van der Waals surface area contributed by atoms with Gasteiger partial charge in [0.25, 0.3) is 0 Å². The van der Waals surface area contributed by atoms with Crippen LogP contribution in [0.1, 0.15) is 24.3 Å². The number of alkyl halides is 3. The van der Waals surface area contributed by atoms with Gasteiger partial charge >= 0.3 is 6.18 Å². The zero-order valence-corrected chi connectivity index (χ0v) is 12.6. The van der Waals surface area contributed by atoms with Crippen molar-refractivity contribution >= 4 is 0 Å². The van der Waals surface area contributed by atoms with Crippen molar-refractivity contribution in [2.45, 2.75) is 31.0 Å². The van der Waals surface area contributed by atoms with E-state index in [0.29, 0.717) is 12.5 Å². The van der Waals surface area contributed by atoms with Crippen LogP contribution >= 0.6 is 0 Å². The summed E-state index contributed by atoms with van der Waals surface area (Å²) < 4.78 is 42.1. The summed E-state index contributed by atoms with van der Waals surface area (Å²) in [7, 11) is 1.88. The molecular formula is C14H22F3N3O2. The third-order valence-electron chi connectivity index (χ3n) is 3.83. The number of hydrogen-bond acceptors (Lipinski definition) is 4. The lowest BCUT2D eigenvalue weighted by atomic mass is 9.91. The maximum absolute atomic E-state index is 11.9. The minimum atomic E-state index is -4.35. The fraction of sp³-hybridized carbons (Fsp3) is 0.786. The van der Waals surface area contributed by atoms with Crippen LogP contribution in [0.4, 0.5) is 13.2 Å². The number of aliphatic hydroxyl groups is 1. The highest BCUT2D eigenvalue weighted by Crippen LogP contribution is 2.27. The summed E-state index contributed by atoms with van der Waals surface area (Å²) in [5.41, 5.74) is 1.22. The second kappa shape index (κ2) is 7.43. The van der Waals surface area contributed by atoms with Crippen molar-refractivity contribution in [2.75, 3.05) is 32.8 Å². The van der Waals surface area contributed by atoms with Gasteiger partial charge in [-0.1, -0.05) is 0 Å². The predicted molar refractivity (Wildman–Crippen MR) is 74.5 cm³/mol. The molecule has 5 nitrogen and oxygen atoms in total. The van der Waals surface area contributed by atoms with Gasteiger partial charge in [-0.15, -0.1) is 0 Å². The zero-order valence-electron chi connectivity index (χ0n) is 12.6. The lowest BCUT2D eigenvalue weighted by Gasteiger charge is -2.32. The number of nitrogens with zero attached hydrogens (tertiary/aromatic N) is 3. The van der Waals surface area contributed by atoms with Crippen molar-refractivity contribution in [1.29, 1.82) is 0 Å². The first-order valence-electron chi connectivity index (χ1n) is 7.37. The number of piperidine rings is 1. The molecule has 0 aliphatic carbocycles. The molecule has 0 saturated carbocycles. The second-order valence-corrected chi connectivity index (χ2v) is 5.81. The summed E-state index contributed by atoms with van der Waals surface area (Å²) in [6.45, 7) is 0.374. The normalized spacial score (nSPS) is 19.5. The summed E-state index contributed by atoms with van der Waals surface area (Å²) in [6.07, 6.45) is 0.573. The van der Waals surface area contributed by atoms with Crippen LogP contribution in [0.15, 0.2) is 12.4 Å². The Morgan fingerprint density at radius 3 is 2.64 bits per heavy atom. The van der Waals surface area contributed by atoms with Crippen molar-refractivity contribution < 1.29 is 23.0 Å². The van der Waals surface area contributed by atoms with E-state index in [0.717, 1.165) is 25.9 Å². The average molecular weight is 321 g/mol. The first-order chi connectivity index (χ1) is 10.3. The highest BCUT2D eigenvalue weighted by Gasteiger charge is 2.28. The van der Waals surface area contributed by atoms with Gasteiger partial charge in [0.1, 0.15) is 6.61 Å². The summed E-state index contributed by atoms with van der Waals surface area (Å²) >= 11 is 0. The molecule has 1 aliphatic rings. The highest BCUT2D eigenvalue weighted by molar-refractivity contribution is 5.12. The number of aromatic nitrogens is 2. The fourth-order valence-corrected chi connectivity index (χ4v) is 2.76.